The molecule has 0 unspecified atom stereocenters. The first-order valence-corrected chi connectivity index (χ1v) is 9.60. The molecule has 140 valence electrons. The van der Waals surface area contributed by atoms with E-state index in [1.807, 2.05) is 0 Å². The van der Waals surface area contributed by atoms with Crippen molar-refractivity contribution in [2.24, 2.45) is 0 Å². The van der Waals surface area contributed by atoms with Crippen molar-refractivity contribution < 1.29 is 19.1 Å². The summed E-state index contributed by atoms with van der Waals surface area (Å²) in [6.45, 7) is 6.75. The van der Waals surface area contributed by atoms with Crippen molar-refractivity contribution in [1.29, 1.82) is 0 Å². The maximum absolute atomic E-state index is 12.2. The minimum Gasteiger partial charge on any atom is -0.462 e. The molecule has 0 aliphatic carbocycles. The van der Waals surface area contributed by atoms with Crippen LogP contribution in [0.1, 0.15) is 92.9 Å². The van der Waals surface area contributed by atoms with E-state index in [2.05, 4.69) is 20.8 Å². The van der Waals surface area contributed by atoms with Crippen molar-refractivity contribution in [1.82, 2.24) is 0 Å². The largest absolute Gasteiger partial charge is 0.462 e. The van der Waals surface area contributed by atoms with Gasteiger partial charge in [0.1, 0.15) is 6.10 Å². The quantitative estimate of drug-likeness (QED) is 0.367. The van der Waals surface area contributed by atoms with Crippen LogP contribution in [0.5, 0.6) is 0 Å². The summed E-state index contributed by atoms with van der Waals surface area (Å²) in [5, 5.41) is 0. The summed E-state index contributed by atoms with van der Waals surface area (Å²) in [5.74, 6) is -0.669. The average Bonchev–Trinajstić information content (AvgIpc) is 2.62. The number of hydrogen-bond donors (Lipinski definition) is 0. The molecule has 1 rings (SSSR count). The van der Waals surface area contributed by atoms with E-state index in [0.717, 1.165) is 51.4 Å². The molecule has 0 atom stereocenters. The van der Waals surface area contributed by atoms with Crippen LogP contribution < -0.4 is 0 Å². The van der Waals surface area contributed by atoms with Gasteiger partial charge in [0.05, 0.1) is 17.7 Å². The second-order valence-electron chi connectivity index (χ2n) is 6.38. The van der Waals surface area contributed by atoms with Crippen molar-refractivity contribution in [3.8, 4) is 0 Å². The van der Waals surface area contributed by atoms with Crippen LogP contribution in [-0.2, 0) is 9.47 Å². The standard InChI is InChI=1S/C21H32O4/c1-4-7-8-9-16-24-20(22)17-12-14-18(15-13-17)21(23)25-19(10-5-2)11-6-3/h12-15,19H,4-11,16H2,1-3H3. The molecule has 0 amide bonds. The highest BCUT2D eigenvalue weighted by atomic mass is 16.5. The zero-order chi connectivity index (χ0) is 18.5. The molecule has 1 aromatic carbocycles. The van der Waals surface area contributed by atoms with Gasteiger partial charge in [-0.25, -0.2) is 9.59 Å². The Bertz CT molecular complexity index is 501. The van der Waals surface area contributed by atoms with Gasteiger partial charge < -0.3 is 9.47 Å². The normalized spacial score (nSPS) is 10.7. The minimum absolute atomic E-state index is 0.0322. The van der Waals surface area contributed by atoms with Crippen molar-refractivity contribution in [2.45, 2.75) is 78.2 Å². The van der Waals surface area contributed by atoms with Gasteiger partial charge in [-0.15, -0.1) is 0 Å². The molecule has 0 radical (unpaired) electrons. The zero-order valence-corrected chi connectivity index (χ0v) is 15.9. The number of carbonyl (C=O) groups excluding carboxylic acids is 2. The van der Waals surface area contributed by atoms with Crippen LogP contribution in [0.2, 0.25) is 0 Å². The van der Waals surface area contributed by atoms with Crippen molar-refractivity contribution >= 4 is 11.9 Å². The zero-order valence-electron chi connectivity index (χ0n) is 15.9. The fourth-order valence-electron chi connectivity index (χ4n) is 2.64. The highest BCUT2D eigenvalue weighted by molar-refractivity contribution is 5.93. The predicted octanol–water partition coefficient (Wildman–Crippen LogP) is 5.55. The van der Waals surface area contributed by atoms with Gasteiger partial charge in [0.15, 0.2) is 0 Å². The third-order valence-electron chi connectivity index (χ3n) is 4.08. The van der Waals surface area contributed by atoms with E-state index in [4.69, 9.17) is 9.47 Å². The monoisotopic (exact) mass is 348 g/mol. The summed E-state index contributed by atoms with van der Waals surface area (Å²) in [6, 6.07) is 6.51. The Morgan fingerprint density at radius 3 is 1.88 bits per heavy atom. The molecule has 4 nitrogen and oxygen atoms in total. The lowest BCUT2D eigenvalue weighted by Gasteiger charge is -2.16. The molecule has 0 N–H and O–H groups in total. The van der Waals surface area contributed by atoms with Crippen LogP contribution in [0.25, 0.3) is 0 Å². The first-order chi connectivity index (χ1) is 12.1. The molecule has 0 fully saturated rings. The van der Waals surface area contributed by atoms with Crippen molar-refractivity contribution in [3.05, 3.63) is 35.4 Å². The summed E-state index contributed by atoms with van der Waals surface area (Å²) in [4.78, 5) is 24.2. The van der Waals surface area contributed by atoms with Crippen LogP contribution in [-0.4, -0.2) is 24.6 Å². The first-order valence-electron chi connectivity index (χ1n) is 9.60. The van der Waals surface area contributed by atoms with E-state index in [0.29, 0.717) is 17.7 Å². The molecule has 0 saturated carbocycles. The number of rotatable bonds is 12. The molecule has 0 aromatic heterocycles. The third-order valence-corrected chi connectivity index (χ3v) is 4.08. The fraction of sp³-hybridized carbons (Fsp3) is 0.619. The van der Waals surface area contributed by atoms with Gasteiger partial charge in [0.25, 0.3) is 0 Å². The van der Waals surface area contributed by atoms with E-state index in [1.54, 1.807) is 24.3 Å². The smallest absolute Gasteiger partial charge is 0.338 e. The van der Waals surface area contributed by atoms with Gasteiger partial charge in [-0.05, 0) is 43.5 Å². The second kappa shape index (κ2) is 12.5. The van der Waals surface area contributed by atoms with Crippen LogP contribution in [0, 0.1) is 0 Å². The Kier molecular flexibility index (Phi) is 10.6. The Morgan fingerprint density at radius 2 is 1.36 bits per heavy atom. The van der Waals surface area contributed by atoms with Gasteiger partial charge >= 0.3 is 11.9 Å². The predicted molar refractivity (Wildman–Crippen MR) is 99.9 cm³/mol. The van der Waals surface area contributed by atoms with E-state index in [1.165, 1.54) is 0 Å². The summed E-state index contributed by atoms with van der Waals surface area (Å²) < 4.78 is 10.8. The van der Waals surface area contributed by atoms with Gasteiger partial charge in [-0.2, -0.15) is 0 Å². The Morgan fingerprint density at radius 1 is 0.800 bits per heavy atom. The Balaban J connectivity index is 2.51. The number of ether oxygens (including phenoxy) is 2. The SMILES string of the molecule is CCCCCCOC(=O)c1ccc(C(=O)OC(CCC)CCC)cc1. The minimum atomic E-state index is -0.341. The van der Waals surface area contributed by atoms with Crippen LogP contribution >= 0.6 is 0 Å². The third kappa shape index (κ3) is 8.19. The summed E-state index contributed by atoms with van der Waals surface area (Å²) >= 11 is 0. The number of hydrogen-bond acceptors (Lipinski definition) is 4. The van der Waals surface area contributed by atoms with E-state index in [9.17, 15) is 9.59 Å². The number of carbonyl (C=O) groups is 2. The van der Waals surface area contributed by atoms with Crippen LogP contribution in [0.3, 0.4) is 0 Å². The highest BCUT2D eigenvalue weighted by Crippen LogP contribution is 2.14. The van der Waals surface area contributed by atoms with Gasteiger partial charge in [-0.3, -0.25) is 0 Å². The molecule has 0 aliphatic heterocycles. The molecular formula is C21H32O4. The first kappa shape index (κ1) is 21.2. The number of esters is 2. The molecule has 0 saturated heterocycles. The molecule has 1 aromatic rings. The Hall–Kier alpha value is -1.84. The number of benzene rings is 1. The molecule has 4 heteroatoms. The lowest BCUT2D eigenvalue weighted by molar-refractivity contribution is 0.0257. The number of unbranched alkanes of at least 4 members (excludes halogenated alkanes) is 3. The van der Waals surface area contributed by atoms with Crippen molar-refractivity contribution in [3.63, 3.8) is 0 Å². The topological polar surface area (TPSA) is 52.6 Å². The second-order valence-corrected chi connectivity index (χ2v) is 6.38. The Labute approximate surface area is 151 Å². The summed E-state index contributed by atoms with van der Waals surface area (Å²) in [5.41, 5.74) is 0.933. The lowest BCUT2D eigenvalue weighted by Crippen LogP contribution is -2.18. The molecule has 25 heavy (non-hydrogen) atoms. The summed E-state index contributed by atoms with van der Waals surface area (Å²) in [6.07, 6.45) is 7.97. The van der Waals surface area contributed by atoms with Gasteiger partial charge in [0.2, 0.25) is 0 Å². The molecule has 0 bridgehead atoms. The van der Waals surface area contributed by atoms with Gasteiger partial charge in [-0.1, -0.05) is 52.9 Å². The van der Waals surface area contributed by atoms with E-state index in [-0.39, 0.29) is 18.0 Å². The molecule has 0 heterocycles. The highest BCUT2D eigenvalue weighted by Gasteiger charge is 2.15. The van der Waals surface area contributed by atoms with Crippen molar-refractivity contribution in [2.75, 3.05) is 6.61 Å². The van der Waals surface area contributed by atoms with Gasteiger partial charge in [0, 0.05) is 0 Å². The van der Waals surface area contributed by atoms with Crippen LogP contribution in [0.15, 0.2) is 24.3 Å². The van der Waals surface area contributed by atoms with E-state index < -0.39 is 0 Å². The van der Waals surface area contributed by atoms with E-state index >= 15 is 0 Å². The fourth-order valence-corrected chi connectivity index (χ4v) is 2.64. The maximum Gasteiger partial charge on any atom is 0.338 e. The summed E-state index contributed by atoms with van der Waals surface area (Å²) in [7, 11) is 0. The molecule has 0 spiro atoms. The molecular weight excluding hydrogens is 316 g/mol. The molecule has 0 aliphatic rings. The van der Waals surface area contributed by atoms with Crippen LogP contribution in [0.4, 0.5) is 0 Å². The average molecular weight is 348 g/mol. The lowest BCUT2D eigenvalue weighted by atomic mass is 10.1. The maximum atomic E-state index is 12.2.